The van der Waals surface area contributed by atoms with Crippen LogP contribution in [0.2, 0.25) is 0 Å². The molecular weight excluding hydrogens is 348 g/mol. The molecule has 1 heterocycles. The largest absolute Gasteiger partial charge is 0.463 e. The van der Waals surface area contributed by atoms with Crippen LogP contribution in [0.3, 0.4) is 0 Å². The van der Waals surface area contributed by atoms with Gasteiger partial charge in [-0.05, 0) is 0 Å². The van der Waals surface area contributed by atoms with E-state index in [-0.39, 0.29) is 32.3 Å². The van der Waals surface area contributed by atoms with Gasteiger partial charge in [-0.1, -0.05) is 27.7 Å². The zero-order valence-electron chi connectivity index (χ0n) is 15.5. The fourth-order valence-corrected chi connectivity index (χ4v) is 2.15. The number of esters is 4. The van der Waals surface area contributed by atoms with E-state index >= 15 is 0 Å². The van der Waals surface area contributed by atoms with Gasteiger partial charge in [0.15, 0.2) is 6.10 Å². The highest BCUT2D eigenvalue weighted by atomic mass is 16.8. The van der Waals surface area contributed by atoms with E-state index in [0.29, 0.717) is 0 Å². The number of hydrogen-bond acceptors (Lipinski definition) is 9. The molecule has 148 valence electrons. The van der Waals surface area contributed by atoms with Crippen molar-refractivity contribution in [2.75, 3.05) is 6.61 Å². The molecule has 0 unspecified atom stereocenters. The van der Waals surface area contributed by atoms with Gasteiger partial charge in [0, 0.05) is 25.7 Å². The van der Waals surface area contributed by atoms with Crippen LogP contribution in [0.1, 0.15) is 53.4 Å². The van der Waals surface area contributed by atoms with Gasteiger partial charge >= 0.3 is 23.9 Å². The molecule has 1 fully saturated rings. The zero-order valence-corrected chi connectivity index (χ0v) is 15.5. The second-order valence-corrected chi connectivity index (χ2v) is 5.54. The van der Waals surface area contributed by atoms with Crippen LogP contribution in [0.25, 0.3) is 0 Å². The maximum atomic E-state index is 11.8. The Balaban J connectivity index is 3.01. The highest BCUT2D eigenvalue weighted by molar-refractivity contribution is 5.71. The van der Waals surface area contributed by atoms with E-state index in [0.717, 1.165) is 0 Å². The fourth-order valence-electron chi connectivity index (χ4n) is 2.15. The van der Waals surface area contributed by atoms with E-state index in [1.54, 1.807) is 27.7 Å². The molecule has 0 spiro atoms. The summed E-state index contributed by atoms with van der Waals surface area (Å²) in [6.07, 6.45) is -3.96. The first-order chi connectivity index (χ1) is 12.4. The third-order valence-electron chi connectivity index (χ3n) is 3.61. The first-order valence-electron chi connectivity index (χ1n) is 8.75. The maximum absolute atomic E-state index is 11.8. The summed E-state index contributed by atoms with van der Waals surface area (Å²) in [6.45, 7) is 6.20. The quantitative estimate of drug-likeness (QED) is 0.434. The van der Waals surface area contributed by atoms with Gasteiger partial charge in [-0.25, -0.2) is 0 Å². The summed E-state index contributed by atoms with van der Waals surface area (Å²) in [4.78, 5) is 46.5. The summed E-state index contributed by atoms with van der Waals surface area (Å²) in [6, 6.07) is 0. The van der Waals surface area contributed by atoms with Crippen LogP contribution in [0.4, 0.5) is 0 Å². The third kappa shape index (κ3) is 6.29. The average molecular weight is 374 g/mol. The Kier molecular flexibility index (Phi) is 9.04. The lowest BCUT2D eigenvalue weighted by atomic mass is 10.1. The van der Waals surface area contributed by atoms with Crippen molar-refractivity contribution in [3.8, 4) is 0 Å². The van der Waals surface area contributed by atoms with E-state index in [9.17, 15) is 19.2 Å². The monoisotopic (exact) mass is 374 g/mol. The molecule has 0 aromatic heterocycles. The summed E-state index contributed by atoms with van der Waals surface area (Å²) < 4.78 is 26.4. The van der Waals surface area contributed by atoms with Gasteiger partial charge in [0.2, 0.25) is 12.4 Å². The molecule has 26 heavy (non-hydrogen) atoms. The van der Waals surface area contributed by atoms with Crippen molar-refractivity contribution >= 4 is 23.9 Å². The molecule has 1 rings (SSSR count). The topological polar surface area (TPSA) is 114 Å². The number of carbonyl (C=O) groups is 4. The predicted octanol–water partition coefficient (Wildman–Crippen LogP) is 1.26. The van der Waals surface area contributed by atoms with Crippen molar-refractivity contribution in [3.05, 3.63) is 0 Å². The fraction of sp³-hybridized carbons (Fsp3) is 0.765. The normalized spacial score (nSPS) is 24.6. The van der Waals surface area contributed by atoms with Crippen LogP contribution in [0, 0.1) is 0 Å². The lowest BCUT2D eigenvalue weighted by Crippen LogP contribution is -2.42. The van der Waals surface area contributed by atoms with Crippen LogP contribution < -0.4 is 0 Å². The van der Waals surface area contributed by atoms with Crippen molar-refractivity contribution in [3.63, 3.8) is 0 Å². The molecule has 0 aromatic carbocycles. The Bertz CT molecular complexity index is 516. The van der Waals surface area contributed by atoms with Crippen molar-refractivity contribution < 1.29 is 42.9 Å². The summed E-state index contributed by atoms with van der Waals surface area (Å²) in [5.41, 5.74) is 0. The van der Waals surface area contributed by atoms with E-state index in [1.165, 1.54) is 0 Å². The van der Waals surface area contributed by atoms with Crippen LogP contribution in [0.5, 0.6) is 0 Å². The Labute approximate surface area is 152 Å². The number of hydrogen-bond donors (Lipinski definition) is 0. The van der Waals surface area contributed by atoms with Crippen LogP contribution in [-0.2, 0) is 42.9 Å². The number of carbonyl (C=O) groups excluding carboxylic acids is 4. The summed E-state index contributed by atoms with van der Waals surface area (Å²) >= 11 is 0. The molecule has 1 aliphatic rings. The van der Waals surface area contributed by atoms with Crippen molar-refractivity contribution in [2.45, 2.75) is 78.0 Å². The van der Waals surface area contributed by atoms with Crippen LogP contribution in [0.15, 0.2) is 0 Å². The molecule has 0 radical (unpaired) electrons. The Hall–Kier alpha value is -2.16. The van der Waals surface area contributed by atoms with Crippen LogP contribution in [-0.4, -0.2) is 55.1 Å². The average Bonchev–Trinajstić information content (AvgIpc) is 2.95. The van der Waals surface area contributed by atoms with Gasteiger partial charge in [-0.3, -0.25) is 19.2 Å². The van der Waals surface area contributed by atoms with Crippen molar-refractivity contribution in [2.24, 2.45) is 0 Å². The second kappa shape index (κ2) is 10.7. The lowest BCUT2D eigenvalue weighted by molar-refractivity contribution is -0.199. The van der Waals surface area contributed by atoms with Gasteiger partial charge in [0.1, 0.15) is 12.7 Å². The SMILES string of the molecule is CCC(=O)OC[C@H]1O[C@@H](OC(=O)CC)[C@H](OC(=O)CC)[C@@H]1OC(=O)CC. The Morgan fingerprint density at radius 2 is 1.15 bits per heavy atom. The molecule has 9 nitrogen and oxygen atoms in total. The molecule has 0 N–H and O–H groups in total. The zero-order chi connectivity index (χ0) is 19.7. The molecule has 1 aliphatic heterocycles. The Morgan fingerprint density at radius 1 is 0.692 bits per heavy atom. The molecule has 0 saturated carbocycles. The highest BCUT2D eigenvalue weighted by Gasteiger charge is 2.51. The molecule has 0 aromatic rings. The first-order valence-corrected chi connectivity index (χ1v) is 8.75. The van der Waals surface area contributed by atoms with Gasteiger partial charge in [-0.15, -0.1) is 0 Å². The summed E-state index contributed by atoms with van der Waals surface area (Å²) in [7, 11) is 0. The molecule has 1 saturated heterocycles. The molecule has 9 heteroatoms. The summed E-state index contributed by atoms with van der Waals surface area (Å²) in [5, 5.41) is 0. The maximum Gasteiger partial charge on any atom is 0.307 e. The summed E-state index contributed by atoms with van der Waals surface area (Å²) in [5.74, 6) is -2.16. The molecule has 0 bridgehead atoms. The van der Waals surface area contributed by atoms with Gasteiger partial charge in [-0.2, -0.15) is 0 Å². The van der Waals surface area contributed by atoms with E-state index < -0.39 is 48.5 Å². The third-order valence-corrected chi connectivity index (χ3v) is 3.61. The van der Waals surface area contributed by atoms with E-state index in [2.05, 4.69) is 0 Å². The van der Waals surface area contributed by atoms with Gasteiger partial charge in [0.25, 0.3) is 0 Å². The molecule has 0 amide bonds. The minimum atomic E-state index is -1.25. The van der Waals surface area contributed by atoms with Gasteiger partial charge in [0.05, 0.1) is 0 Å². The molecular formula is C17H26O9. The van der Waals surface area contributed by atoms with E-state index in [4.69, 9.17) is 23.7 Å². The van der Waals surface area contributed by atoms with Crippen molar-refractivity contribution in [1.29, 1.82) is 0 Å². The highest BCUT2D eigenvalue weighted by Crippen LogP contribution is 2.29. The predicted molar refractivity (Wildman–Crippen MR) is 86.6 cm³/mol. The number of ether oxygens (including phenoxy) is 5. The van der Waals surface area contributed by atoms with Crippen molar-refractivity contribution in [1.82, 2.24) is 0 Å². The smallest absolute Gasteiger partial charge is 0.307 e. The standard InChI is InChI=1S/C17H26O9/c1-5-11(18)22-9-10-15(24-12(19)6-2)16(25-13(20)7-3)17(23-10)26-14(21)8-4/h10,15-17H,5-9H2,1-4H3/t10-,15-,16-,17+/m1/s1. The van der Waals surface area contributed by atoms with Crippen LogP contribution >= 0.6 is 0 Å². The van der Waals surface area contributed by atoms with Gasteiger partial charge < -0.3 is 23.7 Å². The minimum absolute atomic E-state index is 0.0782. The molecule has 4 atom stereocenters. The second-order valence-electron chi connectivity index (χ2n) is 5.54. The molecule has 0 aliphatic carbocycles. The first kappa shape index (κ1) is 21.9. The minimum Gasteiger partial charge on any atom is -0.463 e. The Morgan fingerprint density at radius 3 is 1.65 bits per heavy atom. The number of rotatable bonds is 9. The lowest BCUT2D eigenvalue weighted by Gasteiger charge is -2.23. The van der Waals surface area contributed by atoms with E-state index in [1.807, 2.05) is 0 Å².